The lowest BCUT2D eigenvalue weighted by Crippen LogP contribution is -2.44. The van der Waals surface area contributed by atoms with E-state index in [9.17, 15) is 5.11 Å². The van der Waals surface area contributed by atoms with Crippen LogP contribution in [-0.2, 0) is 0 Å². The molecule has 5 nitrogen and oxygen atoms in total. The van der Waals surface area contributed by atoms with Crippen molar-refractivity contribution < 1.29 is 5.11 Å². The minimum Gasteiger partial charge on any atom is -0.392 e. The van der Waals surface area contributed by atoms with Crippen LogP contribution in [0, 0.1) is 5.41 Å². The van der Waals surface area contributed by atoms with Gasteiger partial charge in [0.25, 0.3) is 0 Å². The Morgan fingerprint density at radius 3 is 2.48 bits per heavy atom. The Morgan fingerprint density at radius 2 is 1.84 bits per heavy atom. The van der Waals surface area contributed by atoms with Crippen LogP contribution in [0.15, 0.2) is 4.99 Å². The molecule has 2 unspecified atom stereocenters. The summed E-state index contributed by atoms with van der Waals surface area (Å²) in [7, 11) is 2.24. The summed E-state index contributed by atoms with van der Waals surface area (Å²) < 4.78 is 0. The molecule has 2 rings (SSSR count). The van der Waals surface area contributed by atoms with Gasteiger partial charge in [0.1, 0.15) is 0 Å². The molecular formula is C19H39IN4O. The van der Waals surface area contributed by atoms with E-state index >= 15 is 0 Å². The smallest absolute Gasteiger partial charge is 0.191 e. The highest BCUT2D eigenvalue weighted by molar-refractivity contribution is 14.0. The molecule has 0 aromatic rings. The molecule has 0 bridgehead atoms. The molecule has 0 aromatic heterocycles. The Bertz CT molecular complexity index is 401. The van der Waals surface area contributed by atoms with Gasteiger partial charge in [0.05, 0.1) is 12.6 Å². The Labute approximate surface area is 171 Å². The Kier molecular flexibility index (Phi) is 10.6. The number of halogens is 1. The first-order chi connectivity index (χ1) is 11.5. The molecule has 0 amide bonds. The van der Waals surface area contributed by atoms with E-state index in [1.165, 1.54) is 32.1 Å². The van der Waals surface area contributed by atoms with E-state index in [-0.39, 0.29) is 35.5 Å². The maximum absolute atomic E-state index is 10.3. The van der Waals surface area contributed by atoms with Crippen LogP contribution in [-0.4, -0.2) is 61.3 Å². The molecule has 2 atom stereocenters. The van der Waals surface area contributed by atoms with Crippen molar-refractivity contribution >= 4 is 29.9 Å². The van der Waals surface area contributed by atoms with Gasteiger partial charge in [-0.2, -0.15) is 0 Å². The van der Waals surface area contributed by atoms with Crippen LogP contribution >= 0.6 is 24.0 Å². The SMILES string of the molecule is CCNC(=NCC1(C)CCCCC1O)NCCN(C)C1CCCC1.I. The van der Waals surface area contributed by atoms with Gasteiger partial charge in [-0.25, -0.2) is 0 Å². The zero-order chi connectivity index (χ0) is 17.4. The number of nitrogens with one attached hydrogen (secondary N) is 2. The number of aliphatic hydroxyl groups is 1. The third kappa shape index (κ3) is 7.21. The minimum atomic E-state index is -0.216. The number of rotatable bonds is 7. The monoisotopic (exact) mass is 466 g/mol. The molecule has 2 saturated carbocycles. The van der Waals surface area contributed by atoms with Crippen LogP contribution in [0.2, 0.25) is 0 Å². The van der Waals surface area contributed by atoms with E-state index in [1.54, 1.807) is 0 Å². The minimum absolute atomic E-state index is 0. The first-order valence-electron chi connectivity index (χ1n) is 9.95. The first kappa shape index (κ1) is 23.0. The van der Waals surface area contributed by atoms with Crippen molar-refractivity contribution in [2.24, 2.45) is 10.4 Å². The summed E-state index contributed by atoms with van der Waals surface area (Å²) in [5, 5.41) is 17.1. The highest BCUT2D eigenvalue weighted by Crippen LogP contribution is 2.36. The summed E-state index contributed by atoms with van der Waals surface area (Å²) in [5.74, 6) is 0.885. The van der Waals surface area contributed by atoms with Crippen LogP contribution in [0.25, 0.3) is 0 Å². The molecular weight excluding hydrogens is 427 g/mol. The van der Waals surface area contributed by atoms with Crippen LogP contribution in [0.1, 0.15) is 65.2 Å². The Balaban J connectivity index is 0.00000312. The summed E-state index contributed by atoms with van der Waals surface area (Å²) in [6.07, 6.45) is 9.59. The van der Waals surface area contributed by atoms with Gasteiger partial charge in [0.15, 0.2) is 5.96 Å². The number of hydrogen-bond donors (Lipinski definition) is 3. The van der Waals surface area contributed by atoms with E-state index in [0.717, 1.165) is 50.9 Å². The summed E-state index contributed by atoms with van der Waals surface area (Å²) >= 11 is 0. The van der Waals surface area contributed by atoms with Crippen molar-refractivity contribution in [1.29, 1.82) is 0 Å². The van der Waals surface area contributed by atoms with Gasteiger partial charge in [-0.1, -0.05) is 32.6 Å². The topological polar surface area (TPSA) is 59.9 Å². The standard InChI is InChI=1S/C19H38N4O.HI/c1-4-20-18(21-13-14-23(3)16-9-5-6-10-16)22-15-19(2)12-8-7-11-17(19)24;/h16-17,24H,4-15H2,1-3H3,(H2,20,21,22);1H. The second-order valence-electron chi connectivity index (χ2n) is 7.96. The summed E-state index contributed by atoms with van der Waals surface area (Å²) in [5.41, 5.74) is -0.0682. The number of guanidine groups is 1. The average molecular weight is 466 g/mol. The van der Waals surface area contributed by atoms with E-state index < -0.39 is 0 Å². The van der Waals surface area contributed by atoms with Gasteiger partial charge in [0, 0.05) is 31.1 Å². The van der Waals surface area contributed by atoms with E-state index in [0.29, 0.717) is 6.54 Å². The van der Waals surface area contributed by atoms with Gasteiger partial charge in [-0.3, -0.25) is 4.99 Å². The Hall–Kier alpha value is -0.0800. The molecule has 148 valence electrons. The number of nitrogens with zero attached hydrogens (tertiary/aromatic N) is 2. The second-order valence-corrected chi connectivity index (χ2v) is 7.96. The lowest BCUT2D eigenvalue weighted by Gasteiger charge is -2.37. The number of aliphatic hydroxyl groups excluding tert-OH is 1. The number of aliphatic imine (C=N–C) groups is 1. The van der Waals surface area contributed by atoms with Crippen LogP contribution in [0.4, 0.5) is 0 Å². The lowest BCUT2D eigenvalue weighted by atomic mass is 9.73. The van der Waals surface area contributed by atoms with Crippen molar-refractivity contribution in [3.63, 3.8) is 0 Å². The van der Waals surface area contributed by atoms with E-state index in [4.69, 9.17) is 4.99 Å². The fourth-order valence-electron chi connectivity index (χ4n) is 4.05. The summed E-state index contributed by atoms with van der Waals surface area (Å²) in [6.45, 7) is 7.80. The van der Waals surface area contributed by atoms with Gasteiger partial charge in [-0.15, -0.1) is 24.0 Å². The van der Waals surface area contributed by atoms with Gasteiger partial charge >= 0.3 is 0 Å². The maximum Gasteiger partial charge on any atom is 0.191 e. The molecule has 0 heterocycles. The largest absolute Gasteiger partial charge is 0.392 e. The highest BCUT2D eigenvalue weighted by atomic mass is 127. The summed E-state index contributed by atoms with van der Waals surface area (Å²) in [6, 6.07) is 0.766. The average Bonchev–Trinajstić information content (AvgIpc) is 3.10. The quantitative estimate of drug-likeness (QED) is 0.307. The van der Waals surface area contributed by atoms with Crippen molar-refractivity contribution in [3.8, 4) is 0 Å². The predicted molar refractivity (Wildman–Crippen MR) is 117 cm³/mol. The van der Waals surface area contributed by atoms with E-state index in [2.05, 4.69) is 36.4 Å². The lowest BCUT2D eigenvalue weighted by molar-refractivity contribution is 0.00716. The van der Waals surface area contributed by atoms with Crippen molar-refractivity contribution in [1.82, 2.24) is 15.5 Å². The third-order valence-electron chi connectivity index (χ3n) is 5.93. The summed E-state index contributed by atoms with van der Waals surface area (Å²) in [4.78, 5) is 7.25. The molecule has 0 radical (unpaired) electrons. The zero-order valence-corrected chi connectivity index (χ0v) is 18.7. The highest BCUT2D eigenvalue weighted by Gasteiger charge is 2.35. The molecule has 0 aliphatic heterocycles. The number of hydrogen-bond acceptors (Lipinski definition) is 3. The molecule has 0 saturated heterocycles. The van der Waals surface area contributed by atoms with Gasteiger partial charge in [-0.05, 0) is 39.7 Å². The Morgan fingerprint density at radius 1 is 1.16 bits per heavy atom. The van der Waals surface area contributed by atoms with Crippen LogP contribution in [0.3, 0.4) is 0 Å². The molecule has 0 spiro atoms. The molecule has 2 aliphatic carbocycles. The second kappa shape index (κ2) is 11.6. The molecule has 2 fully saturated rings. The molecule has 0 aromatic carbocycles. The molecule has 2 aliphatic rings. The van der Waals surface area contributed by atoms with E-state index in [1.807, 2.05) is 0 Å². The zero-order valence-electron chi connectivity index (χ0n) is 16.4. The van der Waals surface area contributed by atoms with Gasteiger partial charge < -0.3 is 20.6 Å². The van der Waals surface area contributed by atoms with Crippen LogP contribution < -0.4 is 10.6 Å². The first-order valence-corrected chi connectivity index (χ1v) is 9.95. The fraction of sp³-hybridized carbons (Fsp3) is 0.947. The van der Waals surface area contributed by atoms with Crippen LogP contribution in [0.5, 0.6) is 0 Å². The van der Waals surface area contributed by atoms with Gasteiger partial charge in [0.2, 0.25) is 0 Å². The predicted octanol–water partition coefficient (Wildman–Crippen LogP) is 2.98. The molecule has 3 N–H and O–H groups in total. The van der Waals surface area contributed by atoms with Crippen molar-refractivity contribution in [3.05, 3.63) is 0 Å². The van der Waals surface area contributed by atoms with Crippen molar-refractivity contribution in [2.75, 3.05) is 33.2 Å². The third-order valence-corrected chi connectivity index (χ3v) is 5.93. The molecule has 25 heavy (non-hydrogen) atoms. The normalized spacial score (nSPS) is 28.0. The van der Waals surface area contributed by atoms with Crippen molar-refractivity contribution in [2.45, 2.75) is 77.4 Å². The maximum atomic E-state index is 10.3. The fourth-order valence-corrected chi connectivity index (χ4v) is 4.05. The number of likely N-dealkylation sites (N-methyl/N-ethyl adjacent to an activating group) is 1. The molecule has 6 heteroatoms.